The van der Waals surface area contributed by atoms with Gasteiger partial charge in [0.15, 0.2) is 0 Å². The minimum absolute atomic E-state index is 0.0421. The second kappa shape index (κ2) is 8.18. The lowest BCUT2D eigenvalue weighted by Crippen LogP contribution is -2.45. The number of benzene rings is 1. The first-order chi connectivity index (χ1) is 11.1. The Morgan fingerprint density at radius 1 is 1.21 bits per heavy atom. The van der Waals surface area contributed by atoms with Crippen LogP contribution in [0.25, 0.3) is 0 Å². The summed E-state index contributed by atoms with van der Waals surface area (Å²) in [4.78, 5) is 23.3. The average Bonchev–Trinajstić information content (AvgIpc) is 2.57. The molecule has 0 saturated carbocycles. The van der Waals surface area contributed by atoms with Gasteiger partial charge in [0.1, 0.15) is 6.04 Å². The average molecular weight is 363 g/mol. The van der Waals surface area contributed by atoms with Crippen molar-refractivity contribution >= 4 is 21.7 Å². The van der Waals surface area contributed by atoms with Gasteiger partial charge in [-0.25, -0.2) is 13.2 Å². The summed E-state index contributed by atoms with van der Waals surface area (Å²) in [7, 11) is -3.51. The van der Waals surface area contributed by atoms with E-state index in [1.165, 1.54) is 7.11 Å². The maximum atomic E-state index is 12.5. The number of hydrogen-bond donors (Lipinski definition) is 1. The van der Waals surface area contributed by atoms with Crippen LogP contribution in [0, 0.1) is 5.92 Å². The third kappa shape index (κ3) is 4.50. The summed E-state index contributed by atoms with van der Waals surface area (Å²) in [6.45, 7) is 3.61. The molecule has 0 fully saturated rings. The molecule has 2 atom stereocenters. The molecule has 9 heteroatoms. The fourth-order valence-electron chi connectivity index (χ4n) is 1.92. The van der Waals surface area contributed by atoms with Crippen molar-refractivity contribution in [1.82, 2.24) is 5.32 Å². The van der Waals surface area contributed by atoms with E-state index >= 15 is 0 Å². The van der Waals surface area contributed by atoms with E-state index in [1.807, 2.05) is 6.92 Å². The lowest BCUT2D eigenvalue weighted by atomic mass is 9.99. The Morgan fingerprint density at radius 3 is 2.17 bits per heavy atom. The molecule has 1 rings (SSSR count). The molecule has 0 aromatic heterocycles. The topological polar surface area (TPSA) is 89.5 Å². The molecule has 1 aromatic carbocycles. The zero-order valence-corrected chi connectivity index (χ0v) is 14.3. The highest BCUT2D eigenvalue weighted by Crippen LogP contribution is 2.19. The SMILES string of the molecule is CC[C@H](C)[C@@H](NC(=O)c1ccc(S(=O)(=O)C(F)F)cc1)C(=O)OC. The van der Waals surface area contributed by atoms with Gasteiger partial charge in [-0.05, 0) is 30.2 Å². The van der Waals surface area contributed by atoms with Crippen molar-refractivity contribution in [2.45, 2.75) is 37.0 Å². The number of ether oxygens (including phenoxy) is 1. The van der Waals surface area contributed by atoms with Crippen molar-refractivity contribution in [3.8, 4) is 0 Å². The molecule has 0 bridgehead atoms. The number of methoxy groups -OCH3 is 1. The van der Waals surface area contributed by atoms with Crippen LogP contribution in [0.1, 0.15) is 30.6 Å². The van der Waals surface area contributed by atoms with Crippen LogP contribution in [0.3, 0.4) is 0 Å². The third-order valence-electron chi connectivity index (χ3n) is 3.63. The molecule has 24 heavy (non-hydrogen) atoms. The van der Waals surface area contributed by atoms with Crippen molar-refractivity contribution in [3.63, 3.8) is 0 Å². The van der Waals surface area contributed by atoms with Gasteiger partial charge in [-0.3, -0.25) is 4.79 Å². The molecule has 0 spiro atoms. The Morgan fingerprint density at radius 2 is 1.75 bits per heavy atom. The summed E-state index contributed by atoms with van der Waals surface area (Å²) in [5, 5.41) is 2.50. The van der Waals surface area contributed by atoms with Gasteiger partial charge in [0.25, 0.3) is 5.91 Å². The van der Waals surface area contributed by atoms with Gasteiger partial charge in [-0.15, -0.1) is 0 Å². The van der Waals surface area contributed by atoms with E-state index in [1.54, 1.807) is 6.92 Å². The van der Waals surface area contributed by atoms with E-state index in [4.69, 9.17) is 0 Å². The van der Waals surface area contributed by atoms with Gasteiger partial charge in [0, 0.05) is 5.56 Å². The monoisotopic (exact) mass is 363 g/mol. The van der Waals surface area contributed by atoms with E-state index in [0.29, 0.717) is 6.42 Å². The first-order valence-electron chi connectivity index (χ1n) is 7.15. The molecule has 0 saturated heterocycles. The molecule has 0 aliphatic heterocycles. The number of hydrogen-bond acceptors (Lipinski definition) is 5. The third-order valence-corrected chi connectivity index (χ3v) is 5.03. The summed E-state index contributed by atoms with van der Waals surface area (Å²) >= 11 is 0. The molecule has 0 aliphatic rings. The van der Waals surface area contributed by atoms with Crippen molar-refractivity contribution in [2.75, 3.05) is 7.11 Å². The number of alkyl halides is 2. The zero-order valence-electron chi connectivity index (χ0n) is 13.5. The van der Waals surface area contributed by atoms with E-state index in [0.717, 1.165) is 24.3 Å². The normalized spacial score (nSPS) is 14.1. The number of carbonyl (C=O) groups excluding carboxylic acids is 2. The number of sulfone groups is 1. The molecule has 1 aromatic rings. The Balaban J connectivity index is 2.98. The van der Waals surface area contributed by atoms with Crippen LogP contribution in [0.15, 0.2) is 29.2 Å². The van der Waals surface area contributed by atoms with Crippen LogP contribution in [0.5, 0.6) is 0 Å². The Kier molecular flexibility index (Phi) is 6.82. The second-order valence-corrected chi connectivity index (χ2v) is 7.11. The van der Waals surface area contributed by atoms with Gasteiger partial charge >= 0.3 is 11.7 Å². The molecule has 0 unspecified atom stereocenters. The Bertz CT molecular complexity index is 688. The molecular weight excluding hydrogens is 344 g/mol. The van der Waals surface area contributed by atoms with E-state index in [-0.39, 0.29) is 11.5 Å². The van der Waals surface area contributed by atoms with Crippen molar-refractivity contribution in [1.29, 1.82) is 0 Å². The van der Waals surface area contributed by atoms with Crippen LogP contribution < -0.4 is 5.32 Å². The first kappa shape index (κ1) is 20.0. The van der Waals surface area contributed by atoms with Crippen LogP contribution in [-0.4, -0.2) is 39.2 Å². The summed E-state index contributed by atoms with van der Waals surface area (Å²) < 4.78 is 52.2. The van der Waals surface area contributed by atoms with Crippen LogP contribution >= 0.6 is 0 Å². The highest BCUT2D eigenvalue weighted by molar-refractivity contribution is 7.91. The van der Waals surface area contributed by atoms with Gasteiger partial charge in [0.2, 0.25) is 9.84 Å². The fourth-order valence-corrected chi connectivity index (χ4v) is 2.64. The maximum Gasteiger partial charge on any atom is 0.341 e. The summed E-state index contributed by atoms with van der Waals surface area (Å²) in [6.07, 6.45) is 0.617. The van der Waals surface area contributed by atoms with Gasteiger partial charge in [-0.1, -0.05) is 20.3 Å². The van der Waals surface area contributed by atoms with Crippen LogP contribution in [0.4, 0.5) is 8.78 Å². The minimum Gasteiger partial charge on any atom is -0.467 e. The van der Waals surface area contributed by atoms with Gasteiger partial charge in [0.05, 0.1) is 12.0 Å². The van der Waals surface area contributed by atoms with Crippen LogP contribution in [-0.2, 0) is 19.4 Å². The number of halogens is 2. The quantitative estimate of drug-likeness (QED) is 0.749. The lowest BCUT2D eigenvalue weighted by molar-refractivity contribution is -0.144. The number of nitrogens with one attached hydrogen (secondary N) is 1. The lowest BCUT2D eigenvalue weighted by Gasteiger charge is -2.21. The Hall–Kier alpha value is -2.03. The molecule has 0 radical (unpaired) electrons. The summed E-state index contributed by atoms with van der Waals surface area (Å²) in [5.74, 6) is -4.95. The largest absolute Gasteiger partial charge is 0.467 e. The number of carbonyl (C=O) groups is 2. The van der Waals surface area contributed by atoms with E-state index < -0.39 is 38.4 Å². The molecule has 0 heterocycles. The highest BCUT2D eigenvalue weighted by atomic mass is 32.2. The van der Waals surface area contributed by atoms with Crippen molar-refractivity contribution in [2.24, 2.45) is 5.92 Å². The van der Waals surface area contributed by atoms with E-state index in [9.17, 15) is 26.8 Å². The van der Waals surface area contributed by atoms with E-state index in [2.05, 4.69) is 10.1 Å². The first-order valence-corrected chi connectivity index (χ1v) is 8.70. The standard InChI is InChI=1S/C15H19F2NO5S/c1-4-9(2)12(14(20)23-3)18-13(19)10-5-7-11(8-6-10)24(21,22)15(16)17/h5-9,12,15H,4H2,1-3H3,(H,18,19)/t9-,12+/m0/s1. The highest BCUT2D eigenvalue weighted by Gasteiger charge is 2.28. The van der Waals surface area contributed by atoms with Gasteiger partial charge in [-0.2, -0.15) is 8.78 Å². The smallest absolute Gasteiger partial charge is 0.341 e. The van der Waals surface area contributed by atoms with Crippen molar-refractivity contribution in [3.05, 3.63) is 29.8 Å². The molecule has 6 nitrogen and oxygen atoms in total. The number of rotatable bonds is 7. The van der Waals surface area contributed by atoms with Crippen LogP contribution in [0.2, 0.25) is 0 Å². The number of amides is 1. The predicted molar refractivity (Wildman–Crippen MR) is 82.4 cm³/mol. The maximum absolute atomic E-state index is 12.5. The Labute approximate surface area is 139 Å². The molecular formula is C15H19F2NO5S. The molecule has 1 amide bonds. The molecule has 0 aliphatic carbocycles. The summed E-state index contributed by atoms with van der Waals surface area (Å²) in [5.41, 5.74) is 0.0421. The second-order valence-electron chi connectivity index (χ2n) is 5.19. The number of esters is 1. The zero-order chi connectivity index (χ0) is 18.5. The molecule has 1 N–H and O–H groups in total. The van der Waals surface area contributed by atoms with Crippen molar-refractivity contribution < 1.29 is 31.5 Å². The van der Waals surface area contributed by atoms with Gasteiger partial charge < -0.3 is 10.1 Å². The molecule has 134 valence electrons. The minimum atomic E-state index is -4.72. The fraction of sp³-hybridized carbons (Fsp3) is 0.467. The predicted octanol–water partition coefficient (Wildman–Crippen LogP) is 2.00. The summed E-state index contributed by atoms with van der Waals surface area (Å²) in [6, 6.07) is 3.20.